The number of nitrogens with zero attached hydrogens (tertiary/aromatic N) is 1. The number of hydrogen-bond donors (Lipinski definition) is 0. The molecule has 0 saturated heterocycles. The zero-order chi connectivity index (χ0) is 14.3. The van der Waals surface area contributed by atoms with Crippen molar-refractivity contribution in [3.63, 3.8) is 0 Å². The highest BCUT2D eigenvalue weighted by Gasteiger charge is 2.22. The Morgan fingerprint density at radius 1 is 1.33 bits per heavy atom. The number of esters is 1. The van der Waals surface area contributed by atoms with Crippen LogP contribution in [-0.4, -0.2) is 56.5 Å². The van der Waals surface area contributed by atoms with Crippen molar-refractivity contribution in [2.24, 2.45) is 0 Å². The number of carbonyl (C=O) groups excluding carboxylic acids is 3. The smallest absolute Gasteiger partial charge is 0.334 e. The van der Waals surface area contributed by atoms with E-state index in [0.29, 0.717) is 17.3 Å². The normalized spacial score (nSPS) is 13.9. The van der Waals surface area contributed by atoms with Crippen molar-refractivity contribution in [3.8, 4) is 0 Å². The Hall–Kier alpha value is -1.69. The number of quaternary nitrogens is 1. The minimum absolute atomic E-state index is 0.134. The topological polar surface area (TPSA) is 83.5 Å². The van der Waals surface area contributed by atoms with Crippen LogP contribution < -0.4 is 5.11 Å². The lowest BCUT2D eigenvalue weighted by molar-refractivity contribution is -0.873. The van der Waals surface area contributed by atoms with Gasteiger partial charge in [-0.3, -0.25) is 4.79 Å². The highest BCUT2D eigenvalue weighted by molar-refractivity contribution is 5.92. The number of aliphatic carboxylic acids is 1. The summed E-state index contributed by atoms with van der Waals surface area (Å²) in [6.45, 7) is 1.77. The number of carbonyl (C=O) groups is 3. The van der Waals surface area contributed by atoms with E-state index in [9.17, 15) is 19.5 Å². The van der Waals surface area contributed by atoms with Gasteiger partial charge in [-0.25, -0.2) is 4.79 Å². The van der Waals surface area contributed by atoms with Gasteiger partial charge in [-0.05, 0) is 13.0 Å². The monoisotopic (exact) mass is 257 g/mol. The number of allylic oxidation sites excluding steroid dienone is 1. The van der Waals surface area contributed by atoms with E-state index in [-0.39, 0.29) is 12.0 Å². The van der Waals surface area contributed by atoms with E-state index >= 15 is 0 Å². The van der Waals surface area contributed by atoms with Crippen LogP contribution in [0.5, 0.6) is 0 Å². The maximum atomic E-state index is 11.5. The molecule has 0 heterocycles. The van der Waals surface area contributed by atoms with Crippen molar-refractivity contribution < 1.29 is 28.7 Å². The van der Waals surface area contributed by atoms with Gasteiger partial charge in [-0.2, -0.15) is 0 Å². The van der Waals surface area contributed by atoms with Crippen LogP contribution in [0.1, 0.15) is 13.3 Å². The summed E-state index contributed by atoms with van der Waals surface area (Å²) in [4.78, 5) is 32.4. The lowest BCUT2D eigenvalue weighted by atomic mass is 10.2. The van der Waals surface area contributed by atoms with E-state index in [1.807, 2.05) is 21.1 Å². The number of aldehydes is 1. The molecule has 0 aromatic carbocycles. The molecule has 1 unspecified atom stereocenters. The Kier molecular flexibility index (Phi) is 6.26. The summed E-state index contributed by atoms with van der Waals surface area (Å²) in [5.74, 6) is -1.97. The maximum Gasteiger partial charge on any atom is 0.334 e. The lowest BCUT2D eigenvalue weighted by Gasteiger charge is -2.29. The molecule has 0 spiro atoms. The van der Waals surface area contributed by atoms with Gasteiger partial charge in [-0.15, -0.1) is 0 Å². The SMILES string of the molecule is C/C(=C\C=O)C(=O)OC(CC(=O)[O-])C[N+](C)(C)C. The molecule has 0 aromatic rings. The van der Waals surface area contributed by atoms with Gasteiger partial charge in [0.2, 0.25) is 0 Å². The first-order valence-corrected chi connectivity index (χ1v) is 5.49. The third-order valence-corrected chi connectivity index (χ3v) is 2.06. The fourth-order valence-corrected chi connectivity index (χ4v) is 1.35. The Morgan fingerprint density at radius 2 is 1.89 bits per heavy atom. The van der Waals surface area contributed by atoms with E-state index in [0.717, 1.165) is 6.08 Å². The van der Waals surface area contributed by atoms with E-state index in [1.165, 1.54) is 6.92 Å². The van der Waals surface area contributed by atoms with Crippen molar-refractivity contribution in [3.05, 3.63) is 11.6 Å². The predicted octanol–water partition coefficient (Wildman–Crippen LogP) is -1.11. The zero-order valence-electron chi connectivity index (χ0n) is 11.1. The molecule has 102 valence electrons. The maximum absolute atomic E-state index is 11.5. The summed E-state index contributed by atoms with van der Waals surface area (Å²) >= 11 is 0. The average Bonchev–Trinajstić information content (AvgIpc) is 2.13. The van der Waals surface area contributed by atoms with Crippen molar-refractivity contribution in [2.45, 2.75) is 19.4 Å². The van der Waals surface area contributed by atoms with Gasteiger partial charge in [0.05, 0.1) is 21.1 Å². The number of ether oxygens (including phenoxy) is 1. The number of rotatable bonds is 7. The predicted molar refractivity (Wildman–Crippen MR) is 62.2 cm³/mol. The molecular formula is C12H19NO5. The number of likely N-dealkylation sites (N-methyl/N-ethyl adjacent to an activating group) is 1. The van der Waals surface area contributed by atoms with E-state index in [4.69, 9.17) is 4.74 Å². The minimum atomic E-state index is -1.28. The molecule has 0 rings (SSSR count). The molecule has 0 aliphatic carbocycles. The molecule has 0 radical (unpaired) electrons. The first kappa shape index (κ1) is 16.3. The molecule has 0 amide bonds. The van der Waals surface area contributed by atoms with Gasteiger partial charge in [0.25, 0.3) is 0 Å². The van der Waals surface area contributed by atoms with Crippen molar-refractivity contribution in [1.29, 1.82) is 0 Å². The standard InChI is InChI=1S/C12H19NO5/c1-9(5-6-14)12(17)18-10(7-11(15)16)8-13(2,3)4/h5-6,10H,7-8H2,1-4H3/b9-5+. The molecule has 0 aromatic heterocycles. The van der Waals surface area contributed by atoms with Crippen LogP contribution >= 0.6 is 0 Å². The highest BCUT2D eigenvalue weighted by atomic mass is 16.5. The Bertz CT molecular complexity index is 354. The van der Waals surface area contributed by atoms with Gasteiger partial charge in [0.1, 0.15) is 12.8 Å². The summed E-state index contributed by atoms with van der Waals surface area (Å²) in [7, 11) is 5.55. The van der Waals surface area contributed by atoms with Gasteiger partial charge < -0.3 is 19.1 Å². The highest BCUT2D eigenvalue weighted by Crippen LogP contribution is 2.07. The Morgan fingerprint density at radius 3 is 2.28 bits per heavy atom. The van der Waals surface area contributed by atoms with Crippen LogP contribution in [-0.2, 0) is 19.1 Å². The van der Waals surface area contributed by atoms with Crippen LogP contribution in [0.2, 0.25) is 0 Å². The molecular weight excluding hydrogens is 238 g/mol. The lowest BCUT2D eigenvalue weighted by Crippen LogP contribution is -2.45. The molecule has 0 saturated carbocycles. The number of carboxylic acids is 1. The second-order valence-electron chi connectivity index (χ2n) is 5.06. The Balaban J connectivity index is 4.68. The van der Waals surface area contributed by atoms with Crippen LogP contribution in [0.4, 0.5) is 0 Å². The van der Waals surface area contributed by atoms with Crippen LogP contribution in [0.25, 0.3) is 0 Å². The van der Waals surface area contributed by atoms with Crippen LogP contribution in [0.3, 0.4) is 0 Å². The van der Waals surface area contributed by atoms with E-state index < -0.39 is 18.0 Å². The van der Waals surface area contributed by atoms with Gasteiger partial charge >= 0.3 is 5.97 Å². The molecule has 0 N–H and O–H groups in total. The van der Waals surface area contributed by atoms with Gasteiger partial charge in [0.15, 0.2) is 6.10 Å². The van der Waals surface area contributed by atoms with Gasteiger partial charge in [0, 0.05) is 18.0 Å². The third-order valence-electron chi connectivity index (χ3n) is 2.06. The molecule has 6 heteroatoms. The third kappa shape index (κ3) is 7.56. The summed E-state index contributed by atoms with van der Waals surface area (Å²) in [5, 5.41) is 10.6. The molecule has 1 atom stereocenters. The van der Waals surface area contributed by atoms with Crippen molar-refractivity contribution >= 4 is 18.2 Å². The summed E-state index contributed by atoms with van der Waals surface area (Å²) in [5.41, 5.74) is 0.134. The molecule has 0 bridgehead atoms. The first-order valence-electron chi connectivity index (χ1n) is 5.49. The molecule has 6 nitrogen and oxygen atoms in total. The van der Waals surface area contributed by atoms with E-state index in [2.05, 4.69) is 0 Å². The van der Waals surface area contributed by atoms with Crippen molar-refractivity contribution in [1.82, 2.24) is 0 Å². The molecule has 18 heavy (non-hydrogen) atoms. The first-order chi connectivity index (χ1) is 8.15. The van der Waals surface area contributed by atoms with Crippen LogP contribution in [0, 0.1) is 0 Å². The largest absolute Gasteiger partial charge is 0.550 e. The second kappa shape index (κ2) is 6.90. The van der Waals surface area contributed by atoms with E-state index in [1.54, 1.807) is 0 Å². The summed E-state index contributed by atoms with van der Waals surface area (Å²) < 4.78 is 5.50. The fourth-order valence-electron chi connectivity index (χ4n) is 1.35. The second-order valence-corrected chi connectivity index (χ2v) is 5.06. The summed E-state index contributed by atoms with van der Waals surface area (Å²) in [6, 6.07) is 0. The average molecular weight is 257 g/mol. The zero-order valence-corrected chi connectivity index (χ0v) is 11.1. The fraction of sp³-hybridized carbons (Fsp3) is 0.583. The van der Waals surface area contributed by atoms with Crippen molar-refractivity contribution in [2.75, 3.05) is 27.7 Å². The van der Waals surface area contributed by atoms with Crippen LogP contribution in [0.15, 0.2) is 11.6 Å². The number of hydrogen-bond acceptors (Lipinski definition) is 5. The quantitative estimate of drug-likeness (QED) is 0.250. The molecule has 0 aliphatic heterocycles. The number of carboxylic acid groups (broad SMARTS) is 1. The minimum Gasteiger partial charge on any atom is -0.550 e. The molecule has 0 aliphatic rings. The van der Waals surface area contributed by atoms with Gasteiger partial charge in [-0.1, -0.05) is 0 Å². The molecule has 0 fully saturated rings. The Labute approximate surface area is 106 Å². The summed E-state index contributed by atoms with van der Waals surface area (Å²) in [6.07, 6.45) is 0.405.